The summed E-state index contributed by atoms with van der Waals surface area (Å²) >= 11 is 0. The summed E-state index contributed by atoms with van der Waals surface area (Å²) in [6.45, 7) is 2.01. The number of amides is 1. The molecule has 0 aliphatic heterocycles. The van der Waals surface area contributed by atoms with Crippen molar-refractivity contribution in [3.8, 4) is 11.5 Å². The maximum absolute atomic E-state index is 12.1. The third-order valence-electron chi connectivity index (χ3n) is 3.60. The molecule has 2 rings (SSSR count). The number of hydrogen-bond acceptors (Lipinski definition) is 5. The van der Waals surface area contributed by atoms with Gasteiger partial charge in [-0.3, -0.25) is 4.79 Å². The number of nitrogens with one attached hydrogen (secondary N) is 2. The van der Waals surface area contributed by atoms with Crippen LogP contribution in [0.25, 0.3) is 6.08 Å². The second-order valence-corrected chi connectivity index (χ2v) is 7.23. The zero-order valence-corrected chi connectivity index (χ0v) is 16.2. The van der Waals surface area contributed by atoms with E-state index in [4.69, 9.17) is 9.47 Å². The van der Waals surface area contributed by atoms with Crippen molar-refractivity contribution in [2.75, 3.05) is 26.1 Å². The lowest BCUT2D eigenvalue weighted by Gasteiger charge is -2.08. The second-order valence-electron chi connectivity index (χ2n) is 5.46. The Balaban J connectivity index is 2.04. The average molecular weight is 390 g/mol. The molecule has 2 N–H and O–H groups in total. The molecule has 0 fully saturated rings. The predicted molar refractivity (Wildman–Crippen MR) is 105 cm³/mol. The van der Waals surface area contributed by atoms with E-state index in [9.17, 15) is 13.2 Å². The molecular formula is C19H22N2O5S. The average Bonchev–Trinajstić information content (AvgIpc) is 2.66. The van der Waals surface area contributed by atoms with Crippen LogP contribution >= 0.6 is 0 Å². The smallest absolute Gasteiger partial charge is 0.248 e. The van der Waals surface area contributed by atoms with Crippen LogP contribution in [0.2, 0.25) is 0 Å². The Morgan fingerprint density at radius 3 is 2.30 bits per heavy atom. The van der Waals surface area contributed by atoms with E-state index in [1.807, 2.05) is 0 Å². The first-order chi connectivity index (χ1) is 12.9. The number of anilines is 1. The van der Waals surface area contributed by atoms with Crippen molar-refractivity contribution >= 4 is 27.7 Å². The van der Waals surface area contributed by atoms with E-state index < -0.39 is 10.0 Å². The second kappa shape index (κ2) is 9.20. The van der Waals surface area contributed by atoms with E-state index in [1.165, 1.54) is 37.5 Å². The third kappa shape index (κ3) is 5.57. The molecule has 0 aliphatic rings. The number of carbonyl (C=O) groups excluding carboxylic acids is 1. The molecular weight excluding hydrogens is 368 g/mol. The van der Waals surface area contributed by atoms with Gasteiger partial charge < -0.3 is 14.8 Å². The standard InChI is InChI=1S/C19H22N2O5S/c1-4-20-27(23,24)16-9-7-15(8-10-16)21-19(22)12-6-14-5-11-17(25-2)18(13-14)26-3/h5-13,20H,4H2,1-3H3,(H,21,22). The maximum Gasteiger partial charge on any atom is 0.248 e. The van der Waals surface area contributed by atoms with E-state index in [0.29, 0.717) is 23.7 Å². The van der Waals surface area contributed by atoms with E-state index in [0.717, 1.165) is 5.56 Å². The molecule has 0 spiro atoms. The lowest BCUT2D eigenvalue weighted by Crippen LogP contribution is -2.23. The van der Waals surface area contributed by atoms with Crippen molar-refractivity contribution < 1.29 is 22.7 Å². The monoisotopic (exact) mass is 390 g/mol. The van der Waals surface area contributed by atoms with Gasteiger partial charge >= 0.3 is 0 Å². The number of benzene rings is 2. The number of sulfonamides is 1. The number of ether oxygens (including phenoxy) is 2. The molecule has 0 saturated carbocycles. The highest BCUT2D eigenvalue weighted by atomic mass is 32.2. The number of hydrogen-bond donors (Lipinski definition) is 2. The van der Waals surface area contributed by atoms with Gasteiger partial charge in [0.25, 0.3) is 0 Å². The van der Waals surface area contributed by atoms with Gasteiger partial charge in [0.15, 0.2) is 11.5 Å². The molecule has 27 heavy (non-hydrogen) atoms. The Kier molecular flexibility index (Phi) is 6.98. The molecule has 144 valence electrons. The van der Waals surface area contributed by atoms with Crippen LogP contribution in [0.3, 0.4) is 0 Å². The van der Waals surface area contributed by atoms with Crippen molar-refractivity contribution in [2.45, 2.75) is 11.8 Å². The summed E-state index contributed by atoms with van der Waals surface area (Å²) < 4.78 is 36.6. The first-order valence-corrected chi connectivity index (χ1v) is 9.68. The molecule has 0 aromatic heterocycles. The Bertz CT molecular complexity index is 922. The van der Waals surface area contributed by atoms with Gasteiger partial charge in [-0.25, -0.2) is 13.1 Å². The first kappa shape index (κ1) is 20.5. The molecule has 2 aromatic rings. The highest BCUT2D eigenvalue weighted by Crippen LogP contribution is 2.28. The van der Waals surface area contributed by atoms with Gasteiger partial charge in [-0.1, -0.05) is 13.0 Å². The Labute approximate surface area is 159 Å². The minimum Gasteiger partial charge on any atom is -0.493 e. The highest BCUT2D eigenvalue weighted by molar-refractivity contribution is 7.89. The van der Waals surface area contributed by atoms with Gasteiger partial charge in [-0.15, -0.1) is 0 Å². The molecule has 1 amide bonds. The molecule has 0 atom stereocenters. The van der Waals surface area contributed by atoms with Crippen molar-refractivity contribution in [2.24, 2.45) is 0 Å². The van der Waals surface area contributed by atoms with Crippen molar-refractivity contribution in [1.29, 1.82) is 0 Å². The van der Waals surface area contributed by atoms with E-state index in [-0.39, 0.29) is 10.8 Å². The van der Waals surface area contributed by atoms with Crippen molar-refractivity contribution in [1.82, 2.24) is 4.72 Å². The van der Waals surface area contributed by atoms with E-state index >= 15 is 0 Å². The van der Waals surface area contributed by atoms with Crippen LogP contribution in [-0.4, -0.2) is 35.1 Å². The molecule has 7 nitrogen and oxygen atoms in total. The predicted octanol–water partition coefficient (Wildman–Crippen LogP) is 2.65. The minimum atomic E-state index is -3.51. The molecule has 0 saturated heterocycles. The van der Waals surface area contributed by atoms with Crippen molar-refractivity contribution in [3.05, 3.63) is 54.1 Å². The number of methoxy groups -OCH3 is 2. The first-order valence-electron chi connectivity index (χ1n) is 8.20. The molecule has 0 bridgehead atoms. The van der Waals surface area contributed by atoms with Gasteiger partial charge in [-0.05, 0) is 48.0 Å². The zero-order chi connectivity index (χ0) is 19.9. The Morgan fingerprint density at radius 2 is 1.70 bits per heavy atom. The quantitative estimate of drug-likeness (QED) is 0.676. The number of rotatable bonds is 8. The Hall–Kier alpha value is -2.84. The van der Waals surface area contributed by atoms with Crippen LogP contribution in [0.5, 0.6) is 11.5 Å². The maximum atomic E-state index is 12.1. The van der Waals surface area contributed by atoms with Gasteiger partial charge in [0, 0.05) is 18.3 Å². The van der Waals surface area contributed by atoms with Crippen LogP contribution in [-0.2, 0) is 14.8 Å². The third-order valence-corrected chi connectivity index (χ3v) is 5.16. The van der Waals surface area contributed by atoms with Crippen LogP contribution in [0.1, 0.15) is 12.5 Å². The summed E-state index contributed by atoms with van der Waals surface area (Å²) in [5.41, 5.74) is 1.27. The van der Waals surface area contributed by atoms with Gasteiger partial charge in [0.1, 0.15) is 0 Å². The fourth-order valence-corrected chi connectivity index (χ4v) is 3.34. The zero-order valence-electron chi connectivity index (χ0n) is 15.4. The largest absolute Gasteiger partial charge is 0.493 e. The van der Waals surface area contributed by atoms with Crippen LogP contribution in [0, 0.1) is 0 Å². The molecule has 0 heterocycles. The van der Waals surface area contributed by atoms with Crippen LogP contribution in [0.15, 0.2) is 53.4 Å². The molecule has 2 aromatic carbocycles. The minimum absolute atomic E-state index is 0.142. The van der Waals surface area contributed by atoms with Crippen LogP contribution in [0.4, 0.5) is 5.69 Å². The summed E-state index contributed by atoms with van der Waals surface area (Å²) in [5, 5.41) is 2.68. The van der Waals surface area contributed by atoms with Gasteiger partial charge in [0.05, 0.1) is 19.1 Å². The normalized spacial score (nSPS) is 11.4. The fraction of sp³-hybridized carbons (Fsp3) is 0.211. The van der Waals surface area contributed by atoms with Crippen LogP contribution < -0.4 is 19.5 Å². The summed E-state index contributed by atoms with van der Waals surface area (Å²) in [4.78, 5) is 12.2. The van der Waals surface area contributed by atoms with E-state index in [1.54, 1.807) is 38.3 Å². The SMILES string of the molecule is CCNS(=O)(=O)c1ccc(NC(=O)C=Cc2ccc(OC)c(OC)c2)cc1. The van der Waals surface area contributed by atoms with Gasteiger partial charge in [-0.2, -0.15) is 0 Å². The summed E-state index contributed by atoms with van der Waals surface area (Å²) in [5.74, 6) is 0.830. The lowest BCUT2D eigenvalue weighted by molar-refractivity contribution is -0.111. The molecule has 0 radical (unpaired) electrons. The van der Waals surface area contributed by atoms with Gasteiger partial charge in [0.2, 0.25) is 15.9 Å². The molecule has 0 aliphatic carbocycles. The van der Waals surface area contributed by atoms with Crippen molar-refractivity contribution in [3.63, 3.8) is 0 Å². The lowest BCUT2D eigenvalue weighted by atomic mass is 10.2. The summed E-state index contributed by atoms with van der Waals surface area (Å²) in [7, 11) is -0.422. The Morgan fingerprint density at radius 1 is 1.04 bits per heavy atom. The highest BCUT2D eigenvalue weighted by Gasteiger charge is 2.12. The molecule has 8 heteroatoms. The topological polar surface area (TPSA) is 93.7 Å². The fourth-order valence-electron chi connectivity index (χ4n) is 2.30. The molecule has 0 unspecified atom stereocenters. The summed E-state index contributed by atoms with van der Waals surface area (Å²) in [6.07, 6.45) is 3.02. The van der Waals surface area contributed by atoms with E-state index in [2.05, 4.69) is 10.0 Å². The summed E-state index contributed by atoms with van der Waals surface area (Å²) in [6, 6.07) is 11.2. The number of carbonyl (C=O) groups is 1.